The summed E-state index contributed by atoms with van der Waals surface area (Å²) in [5.41, 5.74) is 0. The van der Waals surface area contributed by atoms with Gasteiger partial charge >= 0.3 is 11.9 Å². The van der Waals surface area contributed by atoms with Gasteiger partial charge in [-0.3, -0.25) is 9.59 Å². The van der Waals surface area contributed by atoms with E-state index in [1.807, 2.05) is 0 Å². The molecule has 0 rings (SSSR count). The summed E-state index contributed by atoms with van der Waals surface area (Å²) < 4.78 is 44.7. The molecule has 0 aromatic heterocycles. The van der Waals surface area contributed by atoms with Crippen LogP contribution in [-0.2, 0) is 29.2 Å². The van der Waals surface area contributed by atoms with Crippen LogP contribution in [0.3, 0.4) is 0 Å². The molecule has 0 aromatic carbocycles. The van der Waals surface area contributed by atoms with Gasteiger partial charge in [0.05, 0.1) is 19.6 Å². The fourth-order valence-electron chi connectivity index (χ4n) is 4.50. The molecule has 0 aliphatic rings. The quantitative estimate of drug-likeness (QED) is 0.0540. The predicted octanol–water partition coefficient (Wildman–Crippen LogP) is 8.00. The summed E-state index contributed by atoms with van der Waals surface area (Å²) in [5, 5.41) is -2.04. The topological polar surface area (TPSA) is 110 Å². The van der Waals surface area contributed by atoms with Crippen molar-refractivity contribution in [1.29, 1.82) is 0 Å². The van der Waals surface area contributed by atoms with Crippen molar-refractivity contribution in [3.8, 4) is 0 Å². The molecule has 0 N–H and O–H groups in total. The maximum absolute atomic E-state index is 12.2. The lowest BCUT2D eigenvalue weighted by Gasteiger charge is -2.18. The lowest BCUT2D eigenvalue weighted by atomic mass is 10.1. The Morgan fingerprint density at radius 3 is 1.21 bits per heavy atom. The fraction of sp³-hybridized carbons (Fsp3) is 0.933. The molecule has 8 heteroatoms. The van der Waals surface area contributed by atoms with Crippen molar-refractivity contribution in [3.05, 3.63) is 0 Å². The second kappa shape index (κ2) is 26.1. The lowest BCUT2D eigenvalue weighted by molar-refractivity contribution is -0.150. The Balaban J connectivity index is 3.88. The Hall–Kier alpha value is -1.15. The zero-order valence-corrected chi connectivity index (χ0v) is 25.3. The van der Waals surface area contributed by atoms with Crippen LogP contribution in [0.15, 0.2) is 0 Å². The SMILES string of the molecule is CCCCCCCCCCCCCOC(=O)CC(C(=O)OCCCCCCCCCCCCC)S(=O)(=O)[O-]. The first-order chi connectivity index (χ1) is 18.3. The molecule has 0 saturated heterocycles. The average Bonchev–Trinajstić information content (AvgIpc) is 2.87. The van der Waals surface area contributed by atoms with Gasteiger partial charge in [-0.2, -0.15) is 0 Å². The van der Waals surface area contributed by atoms with Gasteiger partial charge in [0, 0.05) is 0 Å². The maximum Gasteiger partial charge on any atom is 0.323 e. The second-order valence-corrected chi connectivity index (χ2v) is 12.2. The van der Waals surface area contributed by atoms with E-state index in [-0.39, 0.29) is 13.2 Å². The molecule has 7 nitrogen and oxygen atoms in total. The molecule has 1 unspecified atom stereocenters. The minimum Gasteiger partial charge on any atom is -0.747 e. The molecule has 0 spiro atoms. The molecular formula is C30H57O7S-. The molecule has 0 amide bonds. The van der Waals surface area contributed by atoms with Gasteiger partial charge in [0.2, 0.25) is 0 Å². The molecule has 0 aliphatic carbocycles. The number of hydrogen-bond acceptors (Lipinski definition) is 7. The Morgan fingerprint density at radius 2 is 0.868 bits per heavy atom. The Bertz CT molecular complexity index is 664. The van der Waals surface area contributed by atoms with E-state index in [0.717, 1.165) is 38.5 Å². The van der Waals surface area contributed by atoms with Crippen LogP contribution in [0.4, 0.5) is 0 Å². The van der Waals surface area contributed by atoms with Crippen LogP contribution in [0.1, 0.15) is 162 Å². The molecule has 38 heavy (non-hydrogen) atoms. The highest BCUT2D eigenvalue weighted by Gasteiger charge is 2.30. The van der Waals surface area contributed by atoms with Crippen LogP contribution in [0, 0.1) is 0 Å². The molecule has 226 valence electrons. The Morgan fingerprint density at radius 1 is 0.553 bits per heavy atom. The zero-order valence-electron chi connectivity index (χ0n) is 24.5. The normalized spacial score (nSPS) is 12.4. The summed E-state index contributed by atoms with van der Waals surface area (Å²) in [5.74, 6) is -2.01. The summed E-state index contributed by atoms with van der Waals surface area (Å²) in [6.07, 6.45) is 24.6. The standard InChI is InChI=1S/C30H58O7S/c1-3-5-7-9-11-13-15-17-19-21-23-25-36-29(31)27-28(38(33,34)35)30(32)37-26-24-22-20-18-16-14-12-10-8-6-4-2/h28H,3-27H2,1-2H3,(H,33,34,35)/p-1. The average molecular weight is 562 g/mol. The summed E-state index contributed by atoms with van der Waals surface area (Å²) >= 11 is 0. The summed E-state index contributed by atoms with van der Waals surface area (Å²) in [6, 6.07) is 0. The second-order valence-electron chi connectivity index (χ2n) is 10.6. The van der Waals surface area contributed by atoms with E-state index in [9.17, 15) is 22.6 Å². The third kappa shape index (κ3) is 23.9. The van der Waals surface area contributed by atoms with Crippen molar-refractivity contribution in [3.63, 3.8) is 0 Å². The number of carbonyl (C=O) groups is 2. The summed E-state index contributed by atoms with van der Waals surface area (Å²) in [4.78, 5) is 24.2. The molecule has 0 bridgehead atoms. The number of esters is 2. The minimum atomic E-state index is -5.01. The van der Waals surface area contributed by atoms with Crippen molar-refractivity contribution < 1.29 is 32.0 Å². The van der Waals surface area contributed by atoms with Gasteiger partial charge in [-0.1, -0.05) is 142 Å². The third-order valence-electron chi connectivity index (χ3n) is 6.97. The smallest absolute Gasteiger partial charge is 0.323 e. The molecule has 0 saturated carbocycles. The van der Waals surface area contributed by atoms with Gasteiger partial charge in [-0.15, -0.1) is 0 Å². The van der Waals surface area contributed by atoms with E-state index >= 15 is 0 Å². The first-order valence-electron chi connectivity index (χ1n) is 15.6. The first kappa shape index (κ1) is 36.8. The molecule has 0 heterocycles. The van der Waals surface area contributed by atoms with Gasteiger partial charge in [0.1, 0.15) is 10.1 Å². The van der Waals surface area contributed by atoms with Crippen molar-refractivity contribution in [2.45, 2.75) is 167 Å². The van der Waals surface area contributed by atoms with E-state index in [2.05, 4.69) is 13.8 Å². The van der Waals surface area contributed by atoms with Gasteiger partial charge < -0.3 is 14.0 Å². The van der Waals surface area contributed by atoms with Crippen molar-refractivity contribution in [2.75, 3.05) is 13.2 Å². The monoisotopic (exact) mass is 561 g/mol. The number of carbonyl (C=O) groups excluding carboxylic acids is 2. The summed E-state index contributed by atoms with van der Waals surface area (Å²) in [6.45, 7) is 4.65. The molecule has 0 fully saturated rings. The van der Waals surface area contributed by atoms with Crippen LogP contribution in [0.25, 0.3) is 0 Å². The van der Waals surface area contributed by atoms with Gasteiger partial charge in [-0.05, 0) is 12.8 Å². The zero-order chi connectivity index (χ0) is 28.3. The van der Waals surface area contributed by atoms with Gasteiger partial charge in [0.25, 0.3) is 0 Å². The van der Waals surface area contributed by atoms with Crippen molar-refractivity contribution in [1.82, 2.24) is 0 Å². The first-order valence-corrected chi connectivity index (χ1v) is 17.1. The molecule has 0 aliphatic heterocycles. The Kier molecular flexibility index (Phi) is 25.3. The highest BCUT2D eigenvalue weighted by atomic mass is 32.2. The van der Waals surface area contributed by atoms with Crippen LogP contribution in [0.5, 0.6) is 0 Å². The molecule has 1 atom stereocenters. The lowest BCUT2D eigenvalue weighted by Crippen LogP contribution is -2.34. The van der Waals surface area contributed by atoms with E-state index in [1.165, 1.54) is 89.9 Å². The number of rotatable bonds is 28. The van der Waals surface area contributed by atoms with Gasteiger partial charge in [0.15, 0.2) is 5.25 Å². The Labute approximate surface area is 234 Å². The van der Waals surface area contributed by atoms with Crippen molar-refractivity contribution >= 4 is 22.1 Å². The van der Waals surface area contributed by atoms with Crippen LogP contribution in [-0.4, -0.2) is 43.4 Å². The van der Waals surface area contributed by atoms with E-state index in [1.54, 1.807) is 0 Å². The van der Waals surface area contributed by atoms with Crippen LogP contribution in [0.2, 0.25) is 0 Å². The number of unbranched alkanes of at least 4 members (excludes halogenated alkanes) is 20. The highest BCUT2D eigenvalue weighted by molar-refractivity contribution is 7.87. The van der Waals surface area contributed by atoms with Crippen LogP contribution >= 0.6 is 0 Å². The maximum atomic E-state index is 12.2. The number of ether oxygens (including phenoxy) is 2. The van der Waals surface area contributed by atoms with E-state index < -0.39 is 33.7 Å². The summed E-state index contributed by atoms with van der Waals surface area (Å²) in [7, 11) is -5.01. The molecule has 0 radical (unpaired) electrons. The van der Waals surface area contributed by atoms with E-state index in [4.69, 9.17) is 9.47 Å². The van der Waals surface area contributed by atoms with Crippen LogP contribution < -0.4 is 0 Å². The fourth-order valence-corrected chi connectivity index (χ4v) is 5.14. The van der Waals surface area contributed by atoms with Gasteiger partial charge in [-0.25, -0.2) is 8.42 Å². The van der Waals surface area contributed by atoms with E-state index in [0.29, 0.717) is 12.8 Å². The number of hydrogen-bond donors (Lipinski definition) is 0. The minimum absolute atomic E-state index is 0.0512. The predicted molar refractivity (Wildman–Crippen MR) is 153 cm³/mol. The third-order valence-corrected chi connectivity index (χ3v) is 8.02. The molecular weight excluding hydrogens is 504 g/mol. The largest absolute Gasteiger partial charge is 0.747 e. The van der Waals surface area contributed by atoms with Crippen molar-refractivity contribution in [2.24, 2.45) is 0 Å². The highest BCUT2D eigenvalue weighted by Crippen LogP contribution is 2.14. The molecule has 0 aromatic rings.